The van der Waals surface area contributed by atoms with Crippen LogP contribution in [0.5, 0.6) is 0 Å². The van der Waals surface area contributed by atoms with Crippen LogP contribution >= 0.6 is 0 Å². The summed E-state index contributed by atoms with van der Waals surface area (Å²) in [5.74, 6) is 0.520. The SMILES string of the molecule is CCC1(CC)CCc2ccc(-c3nnc(-c4ccc(C(F)(F)F)cc4)o3)cc2-c2cccc[n+]21. The summed E-state index contributed by atoms with van der Waals surface area (Å²) in [7, 11) is 0. The van der Waals surface area contributed by atoms with Gasteiger partial charge in [-0.2, -0.15) is 17.7 Å². The van der Waals surface area contributed by atoms with Crippen LogP contribution < -0.4 is 4.57 Å². The summed E-state index contributed by atoms with van der Waals surface area (Å²) in [6.07, 6.45) is 1.91. The molecule has 0 bridgehead atoms. The topological polar surface area (TPSA) is 42.8 Å². The van der Waals surface area contributed by atoms with E-state index >= 15 is 0 Å². The van der Waals surface area contributed by atoms with Crippen molar-refractivity contribution >= 4 is 0 Å². The molecular weight excluding hydrogens is 439 g/mol. The second kappa shape index (κ2) is 8.38. The Morgan fingerprint density at radius 3 is 2.26 bits per heavy atom. The van der Waals surface area contributed by atoms with Crippen molar-refractivity contribution in [3.8, 4) is 34.2 Å². The summed E-state index contributed by atoms with van der Waals surface area (Å²) >= 11 is 0. The largest absolute Gasteiger partial charge is 0.416 e. The van der Waals surface area contributed by atoms with Gasteiger partial charge in [-0.3, -0.25) is 0 Å². The fraction of sp³-hybridized carbons (Fsp3) is 0.296. The summed E-state index contributed by atoms with van der Waals surface area (Å²) < 4.78 is 46.9. The van der Waals surface area contributed by atoms with E-state index in [0.29, 0.717) is 11.5 Å². The highest BCUT2D eigenvalue weighted by atomic mass is 19.4. The van der Waals surface area contributed by atoms with Crippen molar-refractivity contribution in [2.24, 2.45) is 0 Å². The average Bonchev–Trinajstić information content (AvgIpc) is 3.30. The molecule has 0 amide bonds. The Labute approximate surface area is 196 Å². The van der Waals surface area contributed by atoms with Crippen LogP contribution in [0.2, 0.25) is 0 Å². The number of aromatic nitrogens is 3. The second-order valence-corrected chi connectivity index (χ2v) is 8.75. The number of hydrogen-bond donors (Lipinski definition) is 0. The molecule has 5 rings (SSSR count). The molecule has 0 radical (unpaired) electrons. The van der Waals surface area contributed by atoms with Gasteiger partial charge in [0.05, 0.1) is 11.1 Å². The normalized spacial score (nSPS) is 14.9. The molecule has 0 atom stereocenters. The quantitative estimate of drug-likeness (QED) is 0.311. The Hall–Kier alpha value is -3.48. The van der Waals surface area contributed by atoms with Crippen LogP contribution in [0.3, 0.4) is 0 Å². The maximum atomic E-state index is 12.9. The number of pyridine rings is 1. The van der Waals surface area contributed by atoms with Crippen LogP contribution in [0.15, 0.2) is 71.3 Å². The molecule has 0 unspecified atom stereocenters. The zero-order valence-electron chi connectivity index (χ0n) is 19.1. The van der Waals surface area contributed by atoms with Crippen molar-refractivity contribution in [1.82, 2.24) is 10.2 Å². The zero-order valence-corrected chi connectivity index (χ0v) is 19.1. The lowest BCUT2D eigenvalue weighted by Gasteiger charge is -2.26. The van der Waals surface area contributed by atoms with Gasteiger partial charge in [-0.25, -0.2) is 0 Å². The van der Waals surface area contributed by atoms with Gasteiger partial charge >= 0.3 is 6.18 Å². The number of alkyl halides is 3. The van der Waals surface area contributed by atoms with Crippen molar-refractivity contribution in [2.75, 3.05) is 0 Å². The van der Waals surface area contributed by atoms with E-state index in [2.05, 4.69) is 65.1 Å². The molecule has 0 aliphatic carbocycles. The minimum Gasteiger partial charge on any atom is -0.416 e. The molecule has 0 N–H and O–H groups in total. The number of nitrogens with zero attached hydrogens (tertiary/aromatic N) is 3. The van der Waals surface area contributed by atoms with Crippen molar-refractivity contribution in [3.05, 3.63) is 78.0 Å². The number of aryl methyl sites for hydroxylation is 1. The van der Waals surface area contributed by atoms with E-state index in [9.17, 15) is 13.2 Å². The van der Waals surface area contributed by atoms with Gasteiger partial charge in [0.15, 0.2) is 11.7 Å². The van der Waals surface area contributed by atoms with Crippen molar-refractivity contribution in [3.63, 3.8) is 0 Å². The highest BCUT2D eigenvalue weighted by molar-refractivity contribution is 5.70. The van der Waals surface area contributed by atoms with E-state index in [1.807, 2.05) is 6.07 Å². The Bertz CT molecular complexity index is 1320. The van der Waals surface area contributed by atoms with Crippen LogP contribution in [0.4, 0.5) is 13.2 Å². The number of fused-ring (bicyclic) bond motifs is 3. The third-order valence-electron chi connectivity index (χ3n) is 7.06. The molecule has 4 nitrogen and oxygen atoms in total. The molecule has 4 aromatic rings. The predicted octanol–water partition coefficient (Wildman–Crippen LogP) is 6.84. The lowest BCUT2D eigenvalue weighted by atomic mass is 9.86. The molecule has 0 saturated carbocycles. The average molecular weight is 465 g/mol. The minimum atomic E-state index is -4.39. The van der Waals surface area contributed by atoms with Gasteiger partial charge in [0.25, 0.3) is 0 Å². The molecule has 7 heteroatoms. The fourth-order valence-electron chi connectivity index (χ4n) is 4.93. The third kappa shape index (κ3) is 3.79. The minimum absolute atomic E-state index is 0.0655. The van der Waals surface area contributed by atoms with E-state index in [0.717, 1.165) is 54.6 Å². The second-order valence-electron chi connectivity index (χ2n) is 8.75. The molecule has 174 valence electrons. The molecule has 0 saturated heterocycles. The monoisotopic (exact) mass is 464 g/mol. The van der Waals surface area contributed by atoms with Crippen LogP contribution in [0.1, 0.15) is 44.2 Å². The molecule has 1 aliphatic heterocycles. The first-order valence-electron chi connectivity index (χ1n) is 11.5. The Kier molecular flexibility index (Phi) is 5.50. The number of benzene rings is 2. The van der Waals surface area contributed by atoms with E-state index in [-0.39, 0.29) is 11.4 Å². The van der Waals surface area contributed by atoms with Gasteiger partial charge in [-0.05, 0) is 54.4 Å². The van der Waals surface area contributed by atoms with Crippen LogP contribution in [0, 0.1) is 0 Å². The predicted molar refractivity (Wildman–Crippen MR) is 123 cm³/mol. The first kappa shape index (κ1) is 22.3. The zero-order chi connectivity index (χ0) is 23.9. The smallest absolute Gasteiger partial charge is 0.416 e. The van der Waals surface area contributed by atoms with Gasteiger partial charge in [0.2, 0.25) is 17.5 Å². The molecule has 2 aromatic carbocycles. The van der Waals surface area contributed by atoms with Crippen molar-refractivity contribution in [1.29, 1.82) is 0 Å². The summed E-state index contributed by atoms with van der Waals surface area (Å²) in [5, 5.41) is 8.25. The molecule has 34 heavy (non-hydrogen) atoms. The Balaban J connectivity index is 1.53. The van der Waals surface area contributed by atoms with Crippen LogP contribution in [-0.4, -0.2) is 10.2 Å². The number of rotatable bonds is 4. The van der Waals surface area contributed by atoms with Gasteiger partial charge in [0.1, 0.15) is 0 Å². The van der Waals surface area contributed by atoms with Crippen molar-refractivity contribution < 1.29 is 22.2 Å². The van der Waals surface area contributed by atoms with Gasteiger partial charge in [-0.15, -0.1) is 10.2 Å². The molecule has 3 heterocycles. The van der Waals surface area contributed by atoms with E-state index < -0.39 is 11.7 Å². The summed E-state index contributed by atoms with van der Waals surface area (Å²) in [6.45, 7) is 4.49. The summed E-state index contributed by atoms with van der Waals surface area (Å²) in [5.41, 5.74) is 4.14. The maximum absolute atomic E-state index is 12.9. The molecule has 2 aromatic heterocycles. The summed E-state index contributed by atoms with van der Waals surface area (Å²) in [4.78, 5) is 0. The fourth-order valence-corrected chi connectivity index (χ4v) is 4.93. The van der Waals surface area contributed by atoms with Gasteiger partial charge in [-0.1, -0.05) is 19.9 Å². The maximum Gasteiger partial charge on any atom is 0.416 e. The highest BCUT2D eigenvalue weighted by Crippen LogP contribution is 2.37. The van der Waals surface area contributed by atoms with E-state index in [4.69, 9.17) is 4.42 Å². The molecule has 0 fully saturated rings. The molecular formula is C27H25F3N3O+. The van der Waals surface area contributed by atoms with Crippen LogP contribution in [-0.2, 0) is 18.1 Å². The first-order chi connectivity index (χ1) is 16.3. The van der Waals surface area contributed by atoms with E-state index in [1.54, 1.807) is 0 Å². The number of halogens is 3. The van der Waals surface area contributed by atoms with Gasteiger partial charge < -0.3 is 4.42 Å². The molecule has 1 aliphatic rings. The highest BCUT2D eigenvalue weighted by Gasteiger charge is 2.40. The third-order valence-corrected chi connectivity index (χ3v) is 7.06. The Morgan fingerprint density at radius 2 is 1.59 bits per heavy atom. The van der Waals surface area contributed by atoms with Crippen molar-refractivity contribution in [2.45, 2.75) is 51.2 Å². The standard InChI is InChI=1S/C27H25F3N3O/c1-3-26(4-2)15-14-18-8-9-20(17-22(18)23-7-5-6-16-33(23)26)25-32-31-24(34-25)19-10-12-21(13-11-19)27(28,29)30/h5-13,16-17H,3-4,14-15H2,1-2H3/q+1. The Morgan fingerprint density at radius 1 is 0.912 bits per heavy atom. The summed E-state index contributed by atoms with van der Waals surface area (Å²) in [6, 6.07) is 17.2. The first-order valence-corrected chi connectivity index (χ1v) is 11.5. The van der Waals surface area contributed by atoms with Gasteiger partial charge in [0, 0.05) is 42.5 Å². The molecule has 0 spiro atoms. The van der Waals surface area contributed by atoms with Crippen LogP contribution in [0.25, 0.3) is 34.2 Å². The lowest BCUT2D eigenvalue weighted by Crippen LogP contribution is -2.56. The van der Waals surface area contributed by atoms with E-state index in [1.165, 1.54) is 17.7 Å². The number of hydrogen-bond acceptors (Lipinski definition) is 3. The lowest BCUT2D eigenvalue weighted by molar-refractivity contribution is -0.757.